The van der Waals surface area contributed by atoms with E-state index < -0.39 is 64.1 Å². The average Bonchev–Trinajstić information content (AvgIpc) is 2.94. The van der Waals surface area contributed by atoms with E-state index in [1.807, 2.05) is 0 Å². The molecule has 5 rings (SSSR count). The summed E-state index contributed by atoms with van der Waals surface area (Å²) < 4.78 is 4.93. The number of phenols is 1. The molecule has 224 valence electrons. The van der Waals surface area contributed by atoms with Crippen LogP contribution in [-0.4, -0.2) is 81.2 Å². The number of nitrogens with zero attached hydrogens (tertiary/aromatic N) is 1. The number of fused-ring (bicyclic) bond motifs is 3. The number of nitrogens with one attached hydrogen (secondary N) is 1. The van der Waals surface area contributed by atoms with Gasteiger partial charge in [-0.05, 0) is 67.7 Å². The van der Waals surface area contributed by atoms with Crippen LogP contribution in [0.25, 0.3) is 16.9 Å². The minimum Gasteiger partial charge on any atom is -0.508 e. The Hall–Kier alpha value is -4.94. The Kier molecular flexibility index (Phi) is 7.36. The lowest BCUT2D eigenvalue weighted by Crippen LogP contribution is -2.65. The predicted molar refractivity (Wildman–Crippen MR) is 155 cm³/mol. The van der Waals surface area contributed by atoms with E-state index in [0.29, 0.717) is 22.4 Å². The van der Waals surface area contributed by atoms with Gasteiger partial charge in [0, 0.05) is 17.2 Å². The fraction of sp³-hybridized carbons (Fsp3) is 0.290. The molecular formula is C31H31N3O9. The highest BCUT2D eigenvalue weighted by Gasteiger charge is 2.64. The number of hydrogen-bond acceptors (Lipinski definition) is 10. The number of likely N-dealkylation sites (N-methyl/N-ethyl adjacent to an activating group) is 1. The van der Waals surface area contributed by atoms with Crippen molar-refractivity contribution in [2.45, 2.75) is 24.5 Å². The molecule has 0 aliphatic heterocycles. The number of anilines is 1. The van der Waals surface area contributed by atoms with Crippen molar-refractivity contribution in [1.29, 1.82) is 0 Å². The molecule has 0 spiro atoms. The number of ketones is 2. The van der Waals surface area contributed by atoms with E-state index in [1.54, 1.807) is 44.4 Å². The fourth-order valence-electron chi connectivity index (χ4n) is 6.54. The number of nitrogens with two attached hydrogens (primary N) is 1. The van der Waals surface area contributed by atoms with Crippen LogP contribution < -0.4 is 11.1 Å². The summed E-state index contributed by atoms with van der Waals surface area (Å²) in [7, 11) is 3.09. The number of benzene rings is 2. The molecule has 4 atom stereocenters. The molecule has 1 saturated carbocycles. The molecule has 43 heavy (non-hydrogen) atoms. The van der Waals surface area contributed by atoms with Gasteiger partial charge in [0.1, 0.15) is 29.4 Å². The smallest absolute Gasteiger partial charge is 0.411 e. The van der Waals surface area contributed by atoms with Gasteiger partial charge in [0.2, 0.25) is 5.78 Å². The topological polar surface area (TPSA) is 200 Å². The highest BCUT2D eigenvalue weighted by molar-refractivity contribution is 6.24. The number of Topliss-reactive ketones (excluding diaryl/α,β-unsaturated/α-hetero) is 2. The molecule has 12 heteroatoms. The van der Waals surface area contributed by atoms with Gasteiger partial charge in [-0.3, -0.25) is 24.6 Å². The number of carbonyl (C=O) groups is 4. The molecule has 0 saturated heterocycles. The summed E-state index contributed by atoms with van der Waals surface area (Å²) in [6.07, 6.45) is 0.916. The van der Waals surface area contributed by atoms with E-state index in [-0.39, 0.29) is 36.3 Å². The van der Waals surface area contributed by atoms with Crippen molar-refractivity contribution in [2.24, 2.45) is 17.6 Å². The van der Waals surface area contributed by atoms with Gasteiger partial charge in [-0.2, -0.15) is 0 Å². The van der Waals surface area contributed by atoms with E-state index in [1.165, 1.54) is 17.0 Å². The first-order valence-corrected chi connectivity index (χ1v) is 13.5. The number of hydrogen-bond donors (Lipinski definition) is 6. The quantitative estimate of drug-likeness (QED) is 0.215. The molecule has 1 fully saturated rings. The Morgan fingerprint density at radius 3 is 2.42 bits per heavy atom. The van der Waals surface area contributed by atoms with Gasteiger partial charge in [-0.15, -0.1) is 0 Å². The van der Waals surface area contributed by atoms with Crippen LogP contribution in [0.5, 0.6) is 5.75 Å². The van der Waals surface area contributed by atoms with Crippen LogP contribution in [0.2, 0.25) is 0 Å². The standard InChI is InChI=1S/C31H31N3O9/c1-4-11-43-30(41)33-16-7-5-14(6-8-16)17-9-10-20(35)22-18(17)12-15-13-19-24(34(2)3)26(37)23(29(32)40)28(39)31(19,42)27(38)21(15)25(22)36/h4-10,15,19,24,35-36,39,42H,1,11-13H2,2-3H3,(H2,32,40)(H,33,41)/t15-,19-,24+,31-/m0/s1. The number of aromatic hydroxyl groups is 1. The maximum absolute atomic E-state index is 14.0. The number of ether oxygens (including phenoxy) is 1. The lowest BCUT2D eigenvalue weighted by atomic mass is 9.57. The Labute approximate surface area is 246 Å². The lowest BCUT2D eigenvalue weighted by molar-refractivity contribution is -0.153. The maximum atomic E-state index is 14.0. The summed E-state index contributed by atoms with van der Waals surface area (Å²) in [5.74, 6) is -7.07. The number of rotatable bonds is 6. The molecule has 3 aliphatic carbocycles. The summed E-state index contributed by atoms with van der Waals surface area (Å²) in [6, 6.07) is 8.62. The molecular weight excluding hydrogens is 558 g/mol. The van der Waals surface area contributed by atoms with Gasteiger partial charge in [0.05, 0.1) is 11.6 Å². The van der Waals surface area contributed by atoms with Gasteiger partial charge in [0.25, 0.3) is 5.91 Å². The van der Waals surface area contributed by atoms with Crippen molar-refractivity contribution in [3.63, 3.8) is 0 Å². The molecule has 0 heterocycles. The monoisotopic (exact) mass is 589 g/mol. The normalized spacial score (nSPS) is 24.7. The van der Waals surface area contributed by atoms with Crippen LogP contribution in [0.1, 0.15) is 17.5 Å². The van der Waals surface area contributed by atoms with Crippen molar-refractivity contribution < 1.29 is 44.3 Å². The van der Waals surface area contributed by atoms with Crippen molar-refractivity contribution in [3.05, 3.63) is 77.1 Å². The first-order chi connectivity index (χ1) is 20.3. The van der Waals surface area contributed by atoms with E-state index in [0.717, 1.165) is 0 Å². The number of primary amides is 1. The lowest BCUT2D eigenvalue weighted by Gasteiger charge is -2.50. The first-order valence-electron chi connectivity index (χ1n) is 13.5. The Balaban J connectivity index is 1.60. The van der Waals surface area contributed by atoms with Crippen LogP contribution in [0, 0.1) is 11.8 Å². The summed E-state index contributed by atoms with van der Waals surface area (Å²) in [5.41, 5.74) is 3.87. The highest BCUT2D eigenvalue weighted by Crippen LogP contribution is 2.53. The van der Waals surface area contributed by atoms with Crippen LogP contribution >= 0.6 is 0 Å². The predicted octanol–water partition coefficient (Wildman–Crippen LogP) is 2.37. The molecule has 0 aromatic heterocycles. The molecule has 0 unspecified atom stereocenters. The van der Waals surface area contributed by atoms with Gasteiger partial charge in [-0.25, -0.2) is 4.79 Å². The minimum atomic E-state index is -2.70. The first kappa shape index (κ1) is 29.5. The zero-order valence-electron chi connectivity index (χ0n) is 23.5. The van der Waals surface area contributed by atoms with Gasteiger partial charge >= 0.3 is 6.09 Å². The molecule has 2 aromatic carbocycles. The van der Waals surface area contributed by atoms with Crippen LogP contribution in [0.3, 0.4) is 0 Å². The SMILES string of the molecule is C=CCOC(=O)Nc1ccc(-c2ccc(O)c3c2C[C@H]2C[C@H]4[C@@H](N(C)C)C(=O)C(C(N)=O)=C(O)[C@@]4(O)C(=O)C2=C3O)cc1. The number of carbonyl (C=O) groups excluding carboxylic acids is 4. The molecule has 7 N–H and O–H groups in total. The zero-order valence-corrected chi connectivity index (χ0v) is 23.5. The van der Waals surface area contributed by atoms with Gasteiger partial charge < -0.3 is 30.9 Å². The summed E-state index contributed by atoms with van der Waals surface area (Å²) in [6.45, 7) is 3.54. The largest absolute Gasteiger partial charge is 0.508 e. The van der Waals surface area contributed by atoms with Crippen LogP contribution in [0.4, 0.5) is 10.5 Å². The Morgan fingerprint density at radius 1 is 1.14 bits per heavy atom. The van der Waals surface area contributed by atoms with E-state index in [2.05, 4.69) is 11.9 Å². The van der Waals surface area contributed by atoms with Crippen molar-refractivity contribution in [1.82, 2.24) is 4.90 Å². The van der Waals surface area contributed by atoms with Crippen molar-refractivity contribution in [3.8, 4) is 16.9 Å². The summed E-state index contributed by atoms with van der Waals surface area (Å²) in [5, 5.41) is 47.5. The molecule has 3 aliphatic rings. The zero-order chi connectivity index (χ0) is 31.4. The fourth-order valence-corrected chi connectivity index (χ4v) is 6.54. The third-order valence-electron chi connectivity index (χ3n) is 8.38. The minimum absolute atomic E-state index is 0.0102. The van der Waals surface area contributed by atoms with Crippen molar-refractivity contribution in [2.75, 3.05) is 26.0 Å². The number of aliphatic hydroxyl groups excluding tert-OH is 2. The second-order valence-electron chi connectivity index (χ2n) is 11.0. The number of amides is 2. The average molecular weight is 590 g/mol. The second kappa shape index (κ2) is 10.7. The highest BCUT2D eigenvalue weighted by atomic mass is 16.5. The number of aliphatic hydroxyl groups is 3. The van der Waals surface area contributed by atoms with Crippen LogP contribution in [-0.2, 0) is 25.5 Å². The van der Waals surface area contributed by atoms with E-state index in [9.17, 15) is 39.6 Å². The summed E-state index contributed by atoms with van der Waals surface area (Å²) in [4.78, 5) is 52.7. The molecule has 2 aromatic rings. The van der Waals surface area contributed by atoms with Gasteiger partial charge in [-0.1, -0.05) is 30.9 Å². The number of phenolic OH excluding ortho intramolecular Hbond substituents is 1. The second-order valence-corrected chi connectivity index (χ2v) is 11.0. The Bertz CT molecular complexity index is 1640. The molecule has 12 nitrogen and oxygen atoms in total. The third-order valence-corrected chi connectivity index (χ3v) is 8.38. The Morgan fingerprint density at radius 2 is 1.81 bits per heavy atom. The molecule has 0 radical (unpaired) electrons. The molecule has 2 amide bonds. The maximum Gasteiger partial charge on any atom is 0.411 e. The van der Waals surface area contributed by atoms with Gasteiger partial charge in [0.15, 0.2) is 11.4 Å². The third kappa shape index (κ3) is 4.55. The van der Waals surface area contributed by atoms with Crippen molar-refractivity contribution >= 4 is 35.0 Å². The van der Waals surface area contributed by atoms with E-state index in [4.69, 9.17) is 10.5 Å². The van der Waals surface area contributed by atoms with Crippen LogP contribution in [0.15, 0.2) is 66.0 Å². The summed E-state index contributed by atoms with van der Waals surface area (Å²) >= 11 is 0. The van der Waals surface area contributed by atoms with E-state index >= 15 is 0 Å². The molecule has 0 bridgehead atoms.